The van der Waals surface area contributed by atoms with Crippen molar-refractivity contribution < 1.29 is 13.5 Å². The molecule has 27 heavy (non-hydrogen) atoms. The van der Waals surface area contributed by atoms with Crippen LogP contribution in [0.3, 0.4) is 0 Å². The fourth-order valence-corrected chi connectivity index (χ4v) is 4.07. The van der Waals surface area contributed by atoms with Crippen molar-refractivity contribution in [3.8, 4) is 5.75 Å². The number of aromatic nitrogens is 2. The van der Waals surface area contributed by atoms with E-state index in [4.69, 9.17) is 5.84 Å². The van der Waals surface area contributed by atoms with E-state index < -0.39 is 10.0 Å². The highest BCUT2D eigenvalue weighted by molar-refractivity contribution is 8.03. The van der Waals surface area contributed by atoms with Crippen molar-refractivity contribution in [1.29, 1.82) is 0 Å². The van der Waals surface area contributed by atoms with Crippen LogP contribution in [0.15, 0.2) is 69.4 Å². The van der Waals surface area contributed by atoms with Gasteiger partial charge < -0.3 is 15.5 Å². The smallest absolute Gasteiger partial charge is 0.278 e. The molecule has 0 atom stereocenters. The molecule has 3 aromatic rings. The van der Waals surface area contributed by atoms with Crippen molar-refractivity contribution in [2.24, 2.45) is 10.8 Å². The number of hydrogen-bond acceptors (Lipinski definition) is 7. The third kappa shape index (κ3) is 4.05. The minimum Gasteiger partial charge on any atom is -0.506 e. The van der Waals surface area contributed by atoms with E-state index in [9.17, 15) is 13.5 Å². The fourth-order valence-electron chi connectivity index (χ4n) is 2.35. The van der Waals surface area contributed by atoms with Crippen LogP contribution < -0.4 is 16.0 Å². The number of hydrogen-bond donors (Lipinski definition) is 5. The Kier molecular flexibility index (Phi) is 5.35. The van der Waals surface area contributed by atoms with Crippen LogP contribution in [0.25, 0.3) is 10.8 Å². The summed E-state index contributed by atoms with van der Waals surface area (Å²) in [5, 5.41) is 11.9. The van der Waals surface area contributed by atoms with Crippen LogP contribution in [0.1, 0.15) is 0 Å². The van der Waals surface area contributed by atoms with Gasteiger partial charge in [-0.15, -0.1) is 0 Å². The van der Waals surface area contributed by atoms with Gasteiger partial charge in [-0.25, -0.2) is 15.8 Å². The lowest BCUT2D eigenvalue weighted by Gasteiger charge is -2.14. The molecule has 0 bridgehead atoms. The van der Waals surface area contributed by atoms with Gasteiger partial charge >= 0.3 is 0 Å². The number of thioether (sulfide) groups is 1. The molecule has 0 aliphatic rings. The van der Waals surface area contributed by atoms with Gasteiger partial charge in [0.25, 0.3) is 10.0 Å². The number of hydrazine groups is 1. The number of nitrogens with zero attached hydrogens (tertiary/aromatic N) is 2. The molecule has 9 nitrogen and oxygen atoms in total. The third-order valence-corrected chi connectivity index (χ3v) is 5.66. The average Bonchev–Trinajstić information content (AvgIpc) is 3.19. The molecule has 2 aromatic carbocycles. The van der Waals surface area contributed by atoms with Crippen LogP contribution in [0.4, 0.5) is 5.69 Å². The summed E-state index contributed by atoms with van der Waals surface area (Å²) in [7, 11) is -3.87. The molecule has 1 heterocycles. The molecular weight excluding hydrogens is 388 g/mol. The highest BCUT2D eigenvalue weighted by atomic mass is 32.2. The number of rotatable bonds is 7. The zero-order valence-corrected chi connectivity index (χ0v) is 15.5. The number of phenolic OH excluding ortho intramolecular Hbond substituents is 1. The van der Waals surface area contributed by atoms with Crippen LogP contribution in [0.2, 0.25) is 0 Å². The van der Waals surface area contributed by atoms with Crippen molar-refractivity contribution in [3.63, 3.8) is 0 Å². The van der Waals surface area contributed by atoms with E-state index >= 15 is 0 Å². The standard InChI is InChI=1S/C16H16N6O3S2/c1-10(19-9-21-17)26-14-6-13(11-4-2-3-5-12(11)16(14)23)22-27(24,25)15-7-18-8-20-15/h2-9,22-23H,1,17H2,(H,18,20)(H,19,21). The predicted octanol–water partition coefficient (Wildman–Crippen LogP) is 2.12. The Labute approximate surface area is 159 Å². The molecule has 0 fully saturated rings. The van der Waals surface area contributed by atoms with Gasteiger partial charge in [-0.05, 0) is 6.07 Å². The lowest BCUT2D eigenvalue weighted by Crippen LogP contribution is -2.18. The molecule has 0 aliphatic heterocycles. The van der Waals surface area contributed by atoms with E-state index in [0.29, 0.717) is 26.4 Å². The van der Waals surface area contributed by atoms with Crippen LogP contribution in [-0.4, -0.2) is 29.8 Å². The topological polar surface area (TPSA) is 145 Å². The lowest BCUT2D eigenvalue weighted by atomic mass is 10.1. The zero-order chi connectivity index (χ0) is 19.4. The number of anilines is 1. The quantitative estimate of drug-likeness (QED) is 0.101. The van der Waals surface area contributed by atoms with Gasteiger partial charge in [-0.3, -0.25) is 4.72 Å². The Morgan fingerprint density at radius 3 is 2.78 bits per heavy atom. The molecule has 6 N–H and O–H groups in total. The molecule has 0 spiro atoms. The van der Waals surface area contributed by atoms with E-state index in [2.05, 4.69) is 31.7 Å². The number of aromatic hydroxyl groups is 1. The normalized spacial score (nSPS) is 11.7. The summed E-state index contributed by atoms with van der Waals surface area (Å²) in [5.74, 6) is 5.13. The summed E-state index contributed by atoms with van der Waals surface area (Å²) in [6.07, 6.45) is 3.73. The van der Waals surface area contributed by atoms with E-state index in [-0.39, 0.29) is 10.8 Å². The van der Waals surface area contributed by atoms with Crippen LogP contribution >= 0.6 is 11.8 Å². The SMILES string of the molecule is C=C(N=CNN)Sc1cc(NS(=O)(=O)c2cnc[nH]2)c2ccccc2c1O. The Hall–Kier alpha value is -3.02. The van der Waals surface area contributed by atoms with Crippen molar-refractivity contribution in [2.75, 3.05) is 4.72 Å². The Balaban J connectivity index is 2.07. The molecule has 0 radical (unpaired) electrons. The monoisotopic (exact) mass is 404 g/mol. The number of aromatic amines is 1. The lowest BCUT2D eigenvalue weighted by molar-refractivity contribution is 0.469. The summed E-state index contributed by atoms with van der Waals surface area (Å²) < 4.78 is 27.6. The molecular formula is C16H16N6O3S2. The summed E-state index contributed by atoms with van der Waals surface area (Å²) >= 11 is 1.07. The number of imidazole rings is 1. The van der Waals surface area contributed by atoms with Crippen molar-refractivity contribution >= 4 is 44.6 Å². The Morgan fingerprint density at radius 1 is 1.37 bits per heavy atom. The largest absolute Gasteiger partial charge is 0.506 e. The summed E-state index contributed by atoms with van der Waals surface area (Å²) in [4.78, 5) is 10.6. The minimum atomic E-state index is -3.87. The number of fused-ring (bicyclic) bond motifs is 1. The number of benzene rings is 2. The van der Waals surface area contributed by atoms with Gasteiger partial charge in [0.15, 0.2) is 5.03 Å². The van der Waals surface area contributed by atoms with Gasteiger partial charge in [-0.2, -0.15) is 8.42 Å². The van der Waals surface area contributed by atoms with Gasteiger partial charge in [-0.1, -0.05) is 42.6 Å². The number of nitrogens with two attached hydrogens (primary N) is 1. The maximum atomic E-state index is 12.6. The van der Waals surface area contributed by atoms with Crippen LogP contribution in [0.5, 0.6) is 5.75 Å². The van der Waals surface area contributed by atoms with Gasteiger partial charge in [0.2, 0.25) is 0 Å². The third-order valence-electron chi connectivity index (χ3n) is 3.50. The molecule has 140 valence electrons. The second kappa shape index (κ2) is 7.70. The van der Waals surface area contributed by atoms with Gasteiger partial charge in [0, 0.05) is 10.8 Å². The van der Waals surface area contributed by atoms with Crippen LogP contribution in [0, 0.1) is 0 Å². The number of aliphatic imine (C=N–C) groups is 1. The first-order valence-corrected chi connectivity index (χ1v) is 9.83. The number of sulfonamides is 1. The predicted molar refractivity (Wildman–Crippen MR) is 106 cm³/mol. The van der Waals surface area contributed by atoms with E-state index in [1.807, 2.05) is 0 Å². The molecule has 1 aromatic heterocycles. The second-order valence-corrected chi connectivity index (χ2v) is 8.02. The molecule has 0 aliphatic carbocycles. The number of phenols is 1. The number of nitrogens with one attached hydrogen (secondary N) is 3. The maximum Gasteiger partial charge on any atom is 0.278 e. The molecule has 0 amide bonds. The summed E-state index contributed by atoms with van der Waals surface area (Å²) in [5.41, 5.74) is 2.56. The van der Waals surface area contributed by atoms with E-state index in [1.165, 1.54) is 24.9 Å². The van der Waals surface area contributed by atoms with Crippen LogP contribution in [-0.2, 0) is 10.0 Å². The van der Waals surface area contributed by atoms with E-state index in [1.54, 1.807) is 24.3 Å². The summed E-state index contributed by atoms with van der Waals surface area (Å²) in [6.45, 7) is 3.76. The molecule has 0 saturated carbocycles. The van der Waals surface area contributed by atoms with E-state index in [0.717, 1.165) is 11.8 Å². The highest BCUT2D eigenvalue weighted by Crippen LogP contribution is 2.42. The molecule has 11 heteroatoms. The first kappa shape index (κ1) is 18.8. The summed E-state index contributed by atoms with van der Waals surface area (Å²) in [6, 6.07) is 8.41. The van der Waals surface area contributed by atoms with Crippen molar-refractivity contribution in [3.05, 3.63) is 54.5 Å². The zero-order valence-electron chi connectivity index (χ0n) is 13.9. The fraction of sp³-hybridized carbons (Fsp3) is 0. The maximum absolute atomic E-state index is 12.6. The Morgan fingerprint density at radius 2 is 2.11 bits per heavy atom. The molecule has 0 saturated heterocycles. The first-order valence-electron chi connectivity index (χ1n) is 7.53. The average molecular weight is 404 g/mol. The molecule has 3 rings (SSSR count). The van der Waals surface area contributed by atoms with Gasteiger partial charge in [0.05, 0.1) is 28.1 Å². The van der Waals surface area contributed by atoms with Crippen molar-refractivity contribution in [1.82, 2.24) is 15.4 Å². The number of H-pyrrole nitrogens is 1. The van der Waals surface area contributed by atoms with Gasteiger partial charge in [0.1, 0.15) is 12.1 Å². The second-order valence-electron chi connectivity index (χ2n) is 5.26. The highest BCUT2D eigenvalue weighted by Gasteiger charge is 2.19. The first-order chi connectivity index (χ1) is 12.9. The minimum absolute atomic E-state index is 0.00264. The van der Waals surface area contributed by atoms with Crippen molar-refractivity contribution in [2.45, 2.75) is 9.92 Å². The Bertz CT molecular complexity index is 1110. The molecule has 0 unspecified atom stereocenters.